The van der Waals surface area contributed by atoms with Crippen molar-refractivity contribution in [3.05, 3.63) is 29.6 Å². The SMILES string of the molecule is Cc1ccc(F)cc1NC(=O)CC1(C(=O)O)CCCCC1. The van der Waals surface area contributed by atoms with Crippen LogP contribution in [0.1, 0.15) is 44.1 Å². The highest BCUT2D eigenvalue weighted by molar-refractivity contribution is 5.94. The number of aryl methyl sites for hydroxylation is 1. The van der Waals surface area contributed by atoms with E-state index in [-0.39, 0.29) is 12.3 Å². The zero-order valence-electron chi connectivity index (χ0n) is 12.1. The van der Waals surface area contributed by atoms with E-state index in [4.69, 9.17) is 0 Å². The van der Waals surface area contributed by atoms with Gasteiger partial charge in [-0.15, -0.1) is 0 Å². The van der Waals surface area contributed by atoms with Crippen LogP contribution in [0.3, 0.4) is 0 Å². The summed E-state index contributed by atoms with van der Waals surface area (Å²) in [6.45, 7) is 1.77. The van der Waals surface area contributed by atoms with E-state index in [1.54, 1.807) is 13.0 Å². The average Bonchev–Trinajstić information content (AvgIpc) is 2.43. The number of rotatable bonds is 4. The Labute approximate surface area is 123 Å². The second kappa shape index (κ2) is 6.24. The van der Waals surface area contributed by atoms with Gasteiger partial charge < -0.3 is 10.4 Å². The Hall–Kier alpha value is -1.91. The van der Waals surface area contributed by atoms with Crippen LogP contribution in [0.15, 0.2) is 18.2 Å². The minimum atomic E-state index is -0.969. The van der Waals surface area contributed by atoms with E-state index in [1.807, 2.05) is 0 Å². The number of halogens is 1. The lowest BCUT2D eigenvalue weighted by molar-refractivity contribution is -0.153. The number of benzene rings is 1. The van der Waals surface area contributed by atoms with Crippen LogP contribution in [0.5, 0.6) is 0 Å². The fourth-order valence-corrected chi connectivity index (χ4v) is 2.93. The summed E-state index contributed by atoms with van der Waals surface area (Å²) in [6.07, 6.45) is 3.67. The summed E-state index contributed by atoms with van der Waals surface area (Å²) in [5, 5.41) is 12.1. The van der Waals surface area contributed by atoms with Gasteiger partial charge in [0.15, 0.2) is 0 Å². The van der Waals surface area contributed by atoms with Crippen LogP contribution in [-0.2, 0) is 9.59 Å². The van der Waals surface area contributed by atoms with Crippen LogP contribution in [0.2, 0.25) is 0 Å². The van der Waals surface area contributed by atoms with Crippen molar-refractivity contribution >= 4 is 17.6 Å². The Bertz CT molecular complexity index is 550. The first kappa shape index (κ1) is 15.5. The lowest BCUT2D eigenvalue weighted by Gasteiger charge is -2.32. The quantitative estimate of drug-likeness (QED) is 0.893. The summed E-state index contributed by atoms with van der Waals surface area (Å²) in [5.41, 5.74) is 0.179. The predicted molar refractivity (Wildman–Crippen MR) is 77.5 cm³/mol. The smallest absolute Gasteiger partial charge is 0.310 e. The third-order valence-corrected chi connectivity index (χ3v) is 4.24. The van der Waals surface area contributed by atoms with E-state index in [0.717, 1.165) is 24.8 Å². The first-order valence-electron chi connectivity index (χ1n) is 7.22. The fraction of sp³-hybridized carbons (Fsp3) is 0.500. The van der Waals surface area contributed by atoms with E-state index >= 15 is 0 Å². The fourth-order valence-electron chi connectivity index (χ4n) is 2.93. The normalized spacial score (nSPS) is 17.2. The molecule has 1 amide bonds. The van der Waals surface area contributed by atoms with Crippen molar-refractivity contribution in [1.82, 2.24) is 0 Å². The minimum absolute atomic E-state index is 0.0573. The summed E-state index contributed by atoms with van der Waals surface area (Å²) < 4.78 is 13.2. The highest BCUT2D eigenvalue weighted by Gasteiger charge is 2.41. The molecule has 1 aromatic rings. The molecule has 0 spiro atoms. The molecule has 0 unspecified atom stereocenters. The number of carboxylic acids is 1. The van der Waals surface area contributed by atoms with E-state index < -0.39 is 17.2 Å². The molecule has 0 heterocycles. The van der Waals surface area contributed by atoms with E-state index in [9.17, 15) is 19.1 Å². The first-order chi connectivity index (χ1) is 9.93. The molecule has 0 saturated heterocycles. The van der Waals surface area contributed by atoms with Crippen LogP contribution in [0, 0.1) is 18.2 Å². The Morgan fingerprint density at radius 1 is 1.29 bits per heavy atom. The molecule has 1 aliphatic carbocycles. The predicted octanol–water partition coefficient (Wildman–Crippen LogP) is 3.50. The summed E-state index contributed by atoms with van der Waals surface area (Å²) in [5.74, 6) is -1.71. The molecule has 5 heteroatoms. The Morgan fingerprint density at radius 2 is 1.95 bits per heavy atom. The number of nitrogens with one attached hydrogen (secondary N) is 1. The molecular weight excluding hydrogens is 273 g/mol. The number of amides is 1. The Kier molecular flexibility index (Phi) is 4.60. The lowest BCUT2D eigenvalue weighted by Crippen LogP contribution is -2.37. The van der Waals surface area contributed by atoms with Gasteiger partial charge in [-0.05, 0) is 37.5 Å². The van der Waals surface area contributed by atoms with Gasteiger partial charge in [0.05, 0.1) is 5.41 Å². The van der Waals surface area contributed by atoms with Crippen LogP contribution < -0.4 is 5.32 Å². The highest BCUT2D eigenvalue weighted by atomic mass is 19.1. The molecule has 2 N–H and O–H groups in total. The van der Waals surface area contributed by atoms with Crippen LogP contribution >= 0.6 is 0 Å². The van der Waals surface area contributed by atoms with Gasteiger partial charge >= 0.3 is 5.97 Å². The topological polar surface area (TPSA) is 66.4 Å². The summed E-state index contributed by atoms with van der Waals surface area (Å²) in [6, 6.07) is 4.16. The average molecular weight is 293 g/mol. The van der Waals surface area contributed by atoms with Crippen molar-refractivity contribution in [3.8, 4) is 0 Å². The van der Waals surface area contributed by atoms with Gasteiger partial charge in [-0.3, -0.25) is 9.59 Å². The molecule has 0 atom stereocenters. The van der Waals surface area contributed by atoms with Crippen LogP contribution in [0.25, 0.3) is 0 Å². The maximum atomic E-state index is 13.2. The van der Waals surface area contributed by atoms with Crippen molar-refractivity contribution < 1.29 is 19.1 Å². The molecule has 0 aliphatic heterocycles. The van der Waals surface area contributed by atoms with E-state index in [1.165, 1.54) is 12.1 Å². The largest absolute Gasteiger partial charge is 0.481 e. The molecule has 1 saturated carbocycles. The number of hydrogen-bond acceptors (Lipinski definition) is 2. The second-order valence-corrected chi connectivity index (χ2v) is 5.83. The maximum absolute atomic E-state index is 13.2. The standard InChI is InChI=1S/C16H20FNO3/c1-11-5-6-12(17)9-13(11)18-14(19)10-16(15(20)21)7-3-2-4-8-16/h5-6,9H,2-4,7-8,10H2,1H3,(H,18,19)(H,20,21). The zero-order valence-corrected chi connectivity index (χ0v) is 12.1. The summed E-state index contributed by atoms with van der Waals surface area (Å²) in [7, 11) is 0. The van der Waals surface area contributed by atoms with Crippen LogP contribution in [0.4, 0.5) is 10.1 Å². The Morgan fingerprint density at radius 3 is 2.57 bits per heavy atom. The molecule has 0 aromatic heterocycles. The molecule has 2 rings (SSSR count). The van der Waals surface area contributed by atoms with Gasteiger partial charge in [0.25, 0.3) is 0 Å². The van der Waals surface area contributed by atoms with Gasteiger partial charge in [0.2, 0.25) is 5.91 Å². The highest BCUT2D eigenvalue weighted by Crippen LogP contribution is 2.39. The molecule has 0 bridgehead atoms. The molecule has 114 valence electrons. The lowest BCUT2D eigenvalue weighted by atomic mass is 9.71. The summed E-state index contributed by atoms with van der Waals surface area (Å²) in [4.78, 5) is 23.7. The van der Waals surface area contributed by atoms with Gasteiger partial charge in [0, 0.05) is 12.1 Å². The Balaban J connectivity index is 2.09. The number of carboxylic acid groups (broad SMARTS) is 1. The maximum Gasteiger partial charge on any atom is 0.310 e. The van der Waals surface area contributed by atoms with Gasteiger partial charge in [0.1, 0.15) is 5.82 Å². The summed E-state index contributed by atoms with van der Waals surface area (Å²) >= 11 is 0. The van der Waals surface area contributed by atoms with Gasteiger partial charge in [-0.2, -0.15) is 0 Å². The molecule has 1 fully saturated rings. The second-order valence-electron chi connectivity index (χ2n) is 5.83. The van der Waals surface area contributed by atoms with Crippen molar-refractivity contribution in [3.63, 3.8) is 0 Å². The third kappa shape index (κ3) is 3.60. The molecule has 0 radical (unpaired) electrons. The number of aliphatic carboxylic acids is 1. The number of anilines is 1. The zero-order chi connectivity index (χ0) is 15.5. The number of carbonyl (C=O) groups is 2. The molecule has 1 aliphatic rings. The van der Waals surface area contributed by atoms with Crippen molar-refractivity contribution in [1.29, 1.82) is 0 Å². The minimum Gasteiger partial charge on any atom is -0.481 e. The molecule has 4 nitrogen and oxygen atoms in total. The first-order valence-corrected chi connectivity index (χ1v) is 7.22. The monoisotopic (exact) mass is 293 g/mol. The molecular formula is C16H20FNO3. The van der Waals surface area contributed by atoms with E-state index in [0.29, 0.717) is 18.5 Å². The van der Waals surface area contributed by atoms with Crippen molar-refractivity contribution in [2.75, 3.05) is 5.32 Å². The van der Waals surface area contributed by atoms with Gasteiger partial charge in [-0.25, -0.2) is 4.39 Å². The van der Waals surface area contributed by atoms with E-state index in [2.05, 4.69) is 5.32 Å². The van der Waals surface area contributed by atoms with Gasteiger partial charge in [-0.1, -0.05) is 25.3 Å². The van der Waals surface area contributed by atoms with Crippen molar-refractivity contribution in [2.24, 2.45) is 5.41 Å². The number of carbonyl (C=O) groups excluding carboxylic acids is 1. The third-order valence-electron chi connectivity index (χ3n) is 4.24. The number of hydrogen-bond donors (Lipinski definition) is 2. The molecule has 1 aromatic carbocycles. The molecule has 21 heavy (non-hydrogen) atoms. The van der Waals surface area contributed by atoms with Crippen LogP contribution in [-0.4, -0.2) is 17.0 Å². The van der Waals surface area contributed by atoms with Crippen molar-refractivity contribution in [2.45, 2.75) is 45.4 Å².